The van der Waals surface area contributed by atoms with Gasteiger partial charge in [0.1, 0.15) is 0 Å². The molecule has 0 radical (unpaired) electrons. The molecule has 0 saturated carbocycles. The Morgan fingerprint density at radius 2 is 2.09 bits per heavy atom. The van der Waals surface area contributed by atoms with E-state index in [4.69, 9.17) is 15.3 Å². The summed E-state index contributed by atoms with van der Waals surface area (Å²) in [6, 6.07) is 5.69. The third-order valence-corrected chi connectivity index (χ3v) is 3.32. The smallest absolute Gasteiger partial charge is 0.260 e. The standard InChI is InChI=1S/C17H22N2O3/c1-2-3-6-11-19(18)17(20)8-5-4-7-14-9-10-15-16(12-14)22-13-21-15/h4-5,7-10,12H,2-3,6,11,13,18H2,1H3. The molecule has 0 unspecified atom stereocenters. The van der Waals surface area contributed by atoms with Gasteiger partial charge in [-0.1, -0.05) is 44.1 Å². The molecule has 5 nitrogen and oxygen atoms in total. The zero-order valence-electron chi connectivity index (χ0n) is 12.8. The number of rotatable bonds is 7. The number of nitrogens with two attached hydrogens (primary N) is 1. The molecule has 0 saturated heterocycles. The number of fused-ring (bicyclic) bond motifs is 1. The number of allylic oxidation sites excluding steroid dienone is 2. The van der Waals surface area contributed by atoms with Crippen LogP contribution in [0, 0.1) is 0 Å². The van der Waals surface area contributed by atoms with Gasteiger partial charge in [-0.15, -0.1) is 0 Å². The molecule has 2 rings (SSSR count). The molecule has 0 aromatic heterocycles. The van der Waals surface area contributed by atoms with Crippen molar-refractivity contribution in [3.05, 3.63) is 42.0 Å². The van der Waals surface area contributed by atoms with E-state index in [1.54, 1.807) is 12.2 Å². The van der Waals surface area contributed by atoms with Gasteiger partial charge in [0, 0.05) is 12.6 Å². The van der Waals surface area contributed by atoms with Crippen LogP contribution in [0.25, 0.3) is 6.08 Å². The zero-order valence-corrected chi connectivity index (χ0v) is 12.8. The summed E-state index contributed by atoms with van der Waals surface area (Å²) in [4.78, 5) is 11.7. The van der Waals surface area contributed by atoms with E-state index in [-0.39, 0.29) is 12.7 Å². The number of unbranched alkanes of at least 4 members (excludes halogenated alkanes) is 2. The van der Waals surface area contributed by atoms with E-state index in [0.717, 1.165) is 36.3 Å². The van der Waals surface area contributed by atoms with E-state index in [1.807, 2.05) is 24.3 Å². The average Bonchev–Trinajstić information content (AvgIpc) is 2.99. The first-order valence-corrected chi connectivity index (χ1v) is 7.51. The molecule has 0 fully saturated rings. The maximum atomic E-state index is 11.7. The van der Waals surface area contributed by atoms with E-state index < -0.39 is 0 Å². The van der Waals surface area contributed by atoms with Crippen molar-refractivity contribution in [2.45, 2.75) is 26.2 Å². The number of carbonyl (C=O) groups excluding carboxylic acids is 1. The minimum absolute atomic E-state index is 0.188. The lowest BCUT2D eigenvalue weighted by Crippen LogP contribution is -2.36. The molecule has 1 aliphatic rings. The van der Waals surface area contributed by atoms with E-state index >= 15 is 0 Å². The number of hydrogen-bond acceptors (Lipinski definition) is 4. The molecule has 1 aliphatic heterocycles. The molecule has 1 amide bonds. The molecule has 22 heavy (non-hydrogen) atoms. The molecule has 2 N–H and O–H groups in total. The van der Waals surface area contributed by atoms with Crippen LogP contribution in [0.1, 0.15) is 31.7 Å². The van der Waals surface area contributed by atoms with Crippen molar-refractivity contribution in [1.82, 2.24) is 5.01 Å². The SMILES string of the molecule is CCCCCN(N)C(=O)C=CC=Cc1ccc2c(c1)OCO2. The van der Waals surface area contributed by atoms with E-state index in [1.165, 1.54) is 11.1 Å². The number of amides is 1. The number of hydrogen-bond donors (Lipinski definition) is 1. The first kappa shape index (κ1) is 16.1. The topological polar surface area (TPSA) is 64.8 Å². The predicted molar refractivity (Wildman–Crippen MR) is 86.2 cm³/mol. The fourth-order valence-electron chi connectivity index (χ4n) is 2.06. The molecular weight excluding hydrogens is 280 g/mol. The van der Waals surface area contributed by atoms with Crippen molar-refractivity contribution >= 4 is 12.0 Å². The van der Waals surface area contributed by atoms with Crippen LogP contribution >= 0.6 is 0 Å². The Kier molecular flexibility index (Phi) is 6.03. The lowest BCUT2D eigenvalue weighted by molar-refractivity contribution is -0.126. The maximum absolute atomic E-state index is 11.7. The highest BCUT2D eigenvalue weighted by atomic mass is 16.7. The minimum atomic E-state index is -0.188. The average molecular weight is 302 g/mol. The van der Waals surface area contributed by atoms with E-state index in [9.17, 15) is 4.79 Å². The summed E-state index contributed by atoms with van der Waals surface area (Å²) in [7, 11) is 0. The van der Waals surface area contributed by atoms with Crippen molar-refractivity contribution in [2.75, 3.05) is 13.3 Å². The Morgan fingerprint density at radius 3 is 2.91 bits per heavy atom. The Bertz CT molecular complexity index is 567. The fourth-order valence-corrected chi connectivity index (χ4v) is 2.06. The number of ether oxygens (including phenoxy) is 2. The second-order valence-electron chi connectivity index (χ2n) is 5.07. The Labute approximate surface area is 131 Å². The van der Waals surface area contributed by atoms with Crippen molar-refractivity contribution in [3.63, 3.8) is 0 Å². The van der Waals surface area contributed by atoms with Gasteiger partial charge in [-0.25, -0.2) is 5.84 Å². The highest BCUT2D eigenvalue weighted by molar-refractivity contribution is 5.87. The Morgan fingerprint density at radius 1 is 1.27 bits per heavy atom. The highest BCUT2D eigenvalue weighted by Gasteiger charge is 2.11. The number of hydrazine groups is 1. The van der Waals surface area contributed by atoms with E-state index in [2.05, 4.69) is 6.92 Å². The fraction of sp³-hybridized carbons (Fsp3) is 0.353. The maximum Gasteiger partial charge on any atom is 0.260 e. The van der Waals surface area contributed by atoms with Crippen molar-refractivity contribution in [2.24, 2.45) is 5.84 Å². The number of carbonyl (C=O) groups is 1. The summed E-state index contributed by atoms with van der Waals surface area (Å²) in [6.07, 6.45) is 9.96. The summed E-state index contributed by atoms with van der Waals surface area (Å²) in [5, 5.41) is 1.25. The van der Waals surface area contributed by atoms with Crippen LogP contribution in [0.3, 0.4) is 0 Å². The molecule has 118 valence electrons. The van der Waals surface area contributed by atoms with E-state index in [0.29, 0.717) is 6.54 Å². The number of nitrogens with zero attached hydrogens (tertiary/aromatic N) is 1. The van der Waals surface area contributed by atoms with Crippen LogP contribution in [0.5, 0.6) is 11.5 Å². The molecule has 1 heterocycles. The van der Waals surface area contributed by atoms with Gasteiger partial charge in [-0.3, -0.25) is 9.80 Å². The zero-order chi connectivity index (χ0) is 15.8. The minimum Gasteiger partial charge on any atom is -0.454 e. The molecular formula is C17H22N2O3. The van der Waals surface area contributed by atoms with Gasteiger partial charge >= 0.3 is 0 Å². The lowest BCUT2D eigenvalue weighted by Gasteiger charge is -2.13. The van der Waals surface area contributed by atoms with Gasteiger partial charge in [-0.05, 0) is 24.1 Å². The molecule has 0 spiro atoms. The molecule has 0 bridgehead atoms. The first-order valence-electron chi connectivity index (χ1n) is 7.51. The first-order chi connectivity index (χ1) is 10.7. The predicted octanol–water partition coefficient (Wildman–Crippen LogP) is 2.88. The summed E-state index contributed by atoms with van der Waals surface area (Å²) in [6.45, 7) is 2.97. The van der Waals surface area contributed by atoms with Gasteiger partial charge < -0.3 is 9.47 Å². The van der Waals surface area contributed by atoms with Crippen LogP contribution in [-0.2, 0) is 4.79 Å². The summed E-state index contributed by atoms with van der Waals surface area (Å²) in [5.74, 6) is 7.00. The van der Waals surface area contributed by atoms with Gasteiger partial charge in [0.15, 0.2) is 11.5 Å². The van der Waals surface area contributed by atoms with Gasteiger partial charge in [-0.2, -0.15) is 0 Å². The van der Waals surface area contributed by atoms with Gasteiger partial charge in [0.25, 0.3) is 5.91 Å². The molecule has 0 atom stereocenters. The van der Waals surface area contributed by atoms with Crippen LogP contribution in [-0.4, -0.2) is 24.3 Å². The molecule has 0 aliphatic carbocycles. The second kappa shape index (κ2) is 8.24. The highest BCUT2D eigenvalue weighted by Crippen LogP contribution is 2.32. The molecule has 5 heteroatoms. The summed E-state index contributed by atoms with van der Waals surface area (Å²) >= 11 is 0. The second-order valence-corrected chi connectivity index (χ2v) is 5.07. The normalized spacial score (nSPS) is 13.2. The number of benzene rings is 1. The van der Waals surface area contributed by atoms with Gasteiger partial charge in [0.2, 0.25) is 6.79 Å². The quantitative estimate of drug-likeness (QED) is 0.210. The Hall–Kier alpha value is -2.27. The van der Waals surface area contributed by atoms with Crippen LogP contribution in [0.2, 0.25) is 0 Å². The van der Waals surface area contributed by atoms with Crippen LogP contribution < -0.4 is 15.3 Å². The van der Waals surface area contributed by atoms with Crippen LogP contribution in [0.4, 0.5) is 0 Å². The third-order valence-electron chi connectivity index (χ3n) is 3.32. The lowest BCUT2D eigenvalue weighted by atomic mass is 10.2. The summed E-state index contributed by atoms with van der Waals surface area (Å²) < 4.78 is 10.6. The molecule has 1 aromatic rings. The molecule has 1 aromatic carbocycles. The van der Waals surface area contributed by atoms with Crippen LogP contribution in [0.15, 0.2) is 36.4 Å². The van der Waals surface area contributed by atoms with Crippen molar-refractivity contribution in [3.8, 4) is 11.5 Å². The Balaban J connectivity index is 1.82. The van der Waals surface area contributed by atoms with Gasteiger partial charge in [0.05, 0.1) is 0 Å². The monoisotopic (exact) mass is 302 g/mol. The largest absolute Gasteiger partial charge is 0.454 e. The van der Waals surface area contributed by atoms with Crippen molar-refractivity contribution < 1.29 is 14.3 Å². The summed E-state index contributed by atoms with van der Waals surface area (Å²) in [5.41, 5.74) is 0.980. The van der Waals surface area contributed by atoms with Crippen molar-refractivity contribution in [1.29, 1.82) is 0 Å². The third kappa shape index (κ3) is 4.63.